The summed E-state index contributed by atoms with van der Waals surface area (Å²) in [5.41, 5.74) is -0.0762. The highest BCUT2D eigenvalue weighted by Crippen LogP contribution is 2.32. The second kappa shape index (κ2) is 6.84. The van der Waals surface area contributed by atoms with Crippen LogP contribution in [-0.2, 0) is 14.3 Å². The minimum Gasteiger partial charge on any atom is -0.466 e. The smallest absolute Gasteiger partial charge is 0.415 e. The predicted molar refractivity (Wildman–Crippen MR) is 85.5 cm³/mol. The summed E-state index contributed by atoms with van der Waals surface area (Å²) in [5.74, 6) is -0.591. The zero-order valence-electron chi connectivity index (χ0n) is 13.0. The van der Waals surface area contributed by atoms with E-state index in [1.165, 1.54) is 7.11 Å². The molecule has 24 heavy (non-hydrogen) atoms. The van der Waals surface area contributed by atoms with Gasteiger partial charge in [-0.15, -0.1) is 0 Å². The first-order chi connectivity index (χ1) is 11.5. The van der Waals surface area contributed by atoms with E-state index in [0.29, 0.717) is 13.1 Å². The van der Waals surface area contributed by atoms with Crippen LogP contribution in [0, 0.1) is 11.6 Å². The molecule has 6 nitrogen and oxygen atoms in total. The Kier molecular flexibility index (Phi) is 4.79. The van der Waals surface area contributed by atoms with Crippen molar-refractivity contribution in [2.24, 2.45) is 0 Å². The summed E-state index contributed by atoms with van der Waals surface area (Å²) in [5, 5.41) is 0. The molecule has 2 aliphatic rings. The number of nitrogens with zero attached hydrogens (tertiary/aromatic N) is 2. The van der Waals surface area contributed by atoms with Gasteiger partial charge in [-0.2, -0.15) is 11.8 Å². The second-order valence-electron chi connectivity index (χ2n) is 5.36. The quantitative estimate of drug-likeness (QED) is 0.771. The highest BCUT2D eigenvalue weighted by atomic mass is 32.2. The molecule has 2 heterocycles. The van der Waals surface area contributed by atoms with Crippen LogP contribution in [0.15, 0.2) is 12.1 Å². The Morgan fingerprint density at radius 1 is 1.29 bits per heavy atom. The van der Waals surface area contributed by atoms with Crippen LogP contribution in [0.4, 0.5) is 25.0 Å². The molecule has 1 aromatic rings. The van der Waals surface area contributed by atoms with Crippen molar-refractivity contribution in [3.63, 3.8) is 0 Å². The van der Waals surface area contributed by atoms with Gasteiger partial charge in [0, 0.05) is 36.7 Å². The SMILES string of the molecule is COC(=O)[C@H]1CN(c2cc(F)c(N3CCSCC3)c(F)c2)C(=O)O1. The lowest BCUT2D eigenvalue weighted by molar-refractivity contribution is -0.148. The van der Waals surface area contributed by atoms with Crippen LogP contribution < -0.4 is 9.80 Å². The summed E-state index contributed by atoms with van der Waals surface area (Å²) < 4.78 is 38.3. The Morgan fingerprint density at radius 2 is 1.92 bits per heavy atom. The fourth-order valence-electron chi connectivity index (χ4n) is 2.72. The zero-order chi connectivity index (χ0) is 17.3. The predicted octanol–water partition coefficient (Wildman–Crippen LogP) is 2.02. The highest BCUT2D eigenvalue weighted by Gasteiger charge is 2.38. The molecule has 0 spiro atoms. The molecule has 1 atom stereocenters. The van der Waals surface area contributed by atoms with Gasteiger partial charge in [0.25, 0.3) is 0 Å². The van der Waals surface area contributed by atoms with Gasteiger partial charge >= 0.3 is 12.1 Å². The maximum absolute atomic E-state index is 14.4. The number of anilines is 2. The first-order valence-electron chi connectivity index (χ1n) is 7.39. The molecule has 2 saturated heterocycles. The van der Waals surface area contributed by atoms with E-state index in [1.807, 2.05) is 0 Å². The van der Waals surface area contributed by atoms with E-state index in [2.05, 4.69) is 4.74 Å². The van der Waals surface area contributed by atoms with Crippen molar-refractivity contribution in [1.82, 2.24) is 0 Å². The number of hydrogen-bond donors (Lipinski definition) is 0. The summed E-state index contributed by atoms with van der Waals surface area (Å²) in [7, 11) is 1.17. The summed E-state index contributed by atoms with van der Waals surface area (Å²) in [6.45, 7) is 0.978. The van der Waals surface area contributed by atoms with Gasteiger partial charge < -0.3 is 14.4 Å². The molecule has 1 amide bonds. The maximum Gasteiger partial charge on any atom is 0.415 e. The van der Waals surface area contributed by atoms with Crippen LogP contribution in [0.3, 0.4) is 0 Å². The fraction of sp³-hybridized carbons (Fsp3) is 0.467. The second-order valence-corrected chi connectivity index (χ2v) is 6.59. The van der Waals surface area contributed by atoms with Crippen molar-refractivity contribution in [2.45, 2.75) is 6.10 Å². The van der Waals surface area contributed by atoms with Gasteiger partial charge in [-0.3, -0.25) is 4.90 Å². The number of methoxy groups -OCH3 is 1. The van der Waals surface area contributed by atoms with Crippen LogP contribution in [0.2, 0.25) is 0 Å². The molecular formula is C15H16F2N2O4S. The number of cyclic esters (lactones) is 1. The number of benzene rings is 1. The molecule has 2 aliphatic heterocycles. The number of rotatable bonds is 3. The Bertz CT molecular complexity index is 644. The van der Waals surface area contributed by atoms with Crippen LogP contribution in [0.25, 0.3) is 0 Å². The van der Waals surface area contributed by atoms with Crippen LogP contribution >= 0.6 is 11.8 Å². The van der Waals surface area contributed by atoms with Gasteiger partial charge in [-0.25, -0.2) is 18.4 Å². The van der Waals surface area contributed by atoms with Crippen LogP contribution in [0.5, 0.6) is 0 Å². The molecule has 0 aliphatic carbocycles. The third-order valence-corrected chi connectivity index (χ3v) is 4.86. The molecule has 3 rings (SSSR count). The summed E-state index contributed by atoms with van der Waals surface area (Å²) in [4.78, 5) is 26.0. The molecule has 0 aromatic heterocycles. The number of ether oxygens (including phenoxy) is 2. The molecule has 0 radical (unpaired) electrons. The number of halogens is 2. The molecular weight excluding hydrogens is 342 g/mol. The van der Waals surface area contributed by atoms with Crippen LogP contribution in [-0.4, -0.2) is 56.4 Å². The van der Waals surface area contributed by atoms with E-state index in [0.717, 1.165) is 28.5 Å². The largest absolute Gasteiger partial charge is 0.466 e. The van der Waals surface area contributed by atoms with E-state index >= 15 is 0 Å². The fourth-order valence-corrected chi connectivity index (χ4v) is 3.63. The molecule has 1 aromatic carbocycles. The number of carbonyl (C=O) groups excluding carboxylic acids is 2. The normalized spacial score (nSPS) is 21.0. The van der Waals surface area contributed by atoms with E-state index in [9.17, 15) is 18.4 Å². The van der Waals surface area contributed by atoms with E-state index in [1.54, 1.807) is 16.7 Å². The lowest BCUT2D eigenvalue weighted by atomic mass is 10.2. The minimum atomic E-state index is -1.10. The number of amides is 1. The van der Waals surface area contributed by atoms with Gasteiger partial charge in [-0.1, -0.05) is 0 Å². The zero-order valence-corrected chi connectivity index (χ0v) is 13.8. The van der Waals surface area contributed by atoms with Crippen molar-refractivity contribution < 1.29 is 27.8 Å². The third kappa shape index (κ3) is 3.12. The third-order valence-electron chi connectivity index (χ3n) is 3.92. The van der Waals surface area contributed by atoms with Gasteiger partial charge in [-0.05, 0) is 0 Å². The molecule has 0 saturated carbocycles. The molecule has 0 N–H and O–H groups in total. The Labute approximate surface area is 141 Å². The average molecular weight is 358 g/mol. The Hall–Kier alpha value is -2.03. The van der Waals surface area contributed by atoms with E-state index in [-0.39, 0.29) is 17.9 Å². The lowest BCUT2D eigenvalue weighted by Gasteiger charge is -2.29. The molecule has 0 bridgehead atoms. The number of thioether (sulfide) groups is 1. The first-order valence-corrected chi connectivity index (χ1v) is 8.54. The van der Waals surface area contributed by atoms with Crippen LogP contribution in [0.1, 0.15) is 0 Å². The van der Waals surface area contributed by atoms with Gasteiger partial charge in [0.2, 0.25) is 6.10 Å². The first kappa shape index (κ1) is 16.8. The van der Waals surface area contributed by atoms with Crippen molar-refractivity contribution in [3.05, 3.63) is 23.8 Å². The van der Waals surface area contributed by atoms with Gasteiger partial charge in [0.05, 0.1) is 19.3 Å². The number of hydrogen-bond acceptors (Lipinski definition) is 6. The molecule has 130 valence electrons. The molecule has 9 heteroatoms. The van der Waals surface area contributed by atoms with Crippen molar-refractivity contribution >= 4 is 35.2 Å². The average Bonchev–Trinajstić information content (AvgIpc) is 2.96. The maximum atomic E-state index is 14.4. The number of carbonyl (C=O) groups is 2. The van der Waals surface area contributed by atoms with Gasteiger partial charge in [0.1, 0.15) is 5.69 Å². The van der Waals surface area contributed by atoms with Crippen molar-refractivity contribution in [2.75, 3.05) is 48.0 Å². The summed E-state index contributed by atoms with van der Waals surface area (Å²) in [6.07, 6.45) is -1.95. The van der Waals surface area contributed by atoms with Gasteiger partial charge in [0.15, 0.2) is 11.6 Å². The summed E-state index contributed by atoms with van der Waals surface area (Å²) >= 11 is 1.73. The standard InChI is InChI=1S/C15H16F2N2O4S/c1-22-14(20)12-8-19(15(21)23-12)9-6-10(16)13(11(17)7-9)18-2-4-24-5-3-18/h6-7,12H,2-5,8H2,1H3/t12-/m1/s1. The topological polar surface area (TPSA) is 59.1 Å². The molecule has 0 unspecified atom stereocenters. The van der Waals surface area contributed by atoms with Crippen molar-refractivity contribution in [3.8, 4) is 0 Å². The monoisotopic (exact) mass is 358 g/mol. The Morgan fingerprint density at radius 3 is 2.50 bits per heavy atom. The Balaban J connectivity index is 1.85. The lowest BCUT2D eigenvalue weighted by Crippen LogP contribution is -2.34. The minimum absolute atomic E-state index is 0.0107. The summed E-state index contributed by atoms with van der Waals surface area (Å²) in [6, 6.07) is 2.17. The van der Waals surface area contributed by atoms with E-state index < -0.39 is 29.8 Å². The van der Waals surface area contributed by atoms with Crippen molar-refractivity contribution in [1.29, 1.82) is 0 Å². The van der Waals surface area contributed by atoms with E-state index in [4.69, 9.17) is 4.74 Å². The molecule has 2 fully saturated rings. The number of esters is 1. The highest BCUT2D eigenvalue weighted by molar-refractivity contribution is 7.99.